The number of rotatable bonds is 5. The Morgan fingerprint density at radius 2 is 0.573 bits per heavy atom. The number of aromatic nitrogens is 11. The van der Waals surface area contributed by atoms with Crippen molar-refractivity contribution in [3.8, 4) is 112 Å². The molecule has 5 aliphatic rings. The van der Waals surface area contributed by atoms with E-state index in [4.69, 9.17) is 52.0 Å². The topological polar surface area (TPSA) is 162 Å². The number of furan rings is 5. The molecular formula is C134H114N11O5+5. The summed E-state index contributed by atoms with van der Waals surface area (Å²) in [7, 11) is 10.4. The van der Waals surface area contributed by atoms with Crippen LogP contribution in [-0.2, 0) is 62.3 Å². The van der Waals surface area contributed by atoms with Crippen LogP contribution in [0, 0.1) is 34.6 Å². The van der Waals surface area contributed by atoms with Crippen LogP contribution in [0.3, 0.4) is 0 Å². The number of nitrogens with zero attached hydrogens (tertiary/aromatic N) is 11. The number of fused-ring (bicyclic) bond motifs is 34. The van der Waals surface area contributed by atoms with Gasteiger partial charge in [0.1, 0.15) is 79.8 Å². The summed E-state index contributed by atoms with van der Waals surface area (Å²) in [5.74, 6) is 0. The molecule has 0 saturated heterocycles. The average Bonchev–Trinajstić information content (AvgIpc) is 1.55. The minimum Gasteiger partial charge on any atom is -0.455 e. The van der Waals surface area contributed by atoms with Crippen molar-refractivity contribution >= 4 is 110 Å². The van der Waals surface area contributed by atoms with Gasteiger partial charge in [-0.2, -0.15) is 0 Å². The lowest BCUT2D eigenvalue weighted by Gasteiger charge is -2.20. The molecule has 150 heavy (non-hydrogen) atoms. The zero-order valence-corrected chi connectivity index (χ0v) is 88.1. The second-order valence-electron chi connectivity index (χ2n) is 44.0. The first-order valence-electron chi connectivity index (χ1n) is 51.8. The van der Waals surface area contributed by atoms with Gasteiger partial charge in [-0.3, -0.25) is 29.9 Å². The summed E-state index contributed by atoms with van der Waals surface area (Å²) in [4.78, 5) is 28.9. The predicted octanol–water partition coefficient (Wildman–Crippen LogP) is 29.8. The van der Waals surface area contributed by atoms with Gasteiger partial charge in [0.05, 0.1) is 50.6 Å². The molecule has 5 aliphatic carbocycles. The molecule has 0 saturated carbocycles. The van der Waals surface area contributed by atoms with Gasteiger partial charge in [0.25, 0.3) is 0 Å². The summed E-state index contributed by atoms with van der Waals surface area (Å²) >= 11 is 0. The van der Waals surface area contributed by atoms with Crippen molar-refractivity contribution in [2.24, 2.45) is 35.2 Å². The molecular weight excluding hydrogens is 1840 g/mol. The van der Waals surface area contributed by atoms with E-state index in [1.807, 2.05) is 67.4 Å². The van der Waals surface area contributed by atoms with Crippen molar-refractivity contribution < 1.29 is 44.9 Å². The monoisotopic (exact) mass is 1960 g/mol. The maximum atomic E-state index is 6.71. The summed E-state index contributed by atoms with van der Waals surface area (Å²) in [6, 6.07) is 91.9. The lowest BCUT2D eigenvalue weighted by molar-refractivity contribution is -0.660. The second kappa shape index (κ2) is 33.8. The minimum atomic E-state index is -0.242. The average molecular weight is 1960 g/mol. The zero-order chi connectivity index (χ0) is 103. The van der Waals surface area contributed by atoms with Crippen LogP contribution in [-0.4, -0.2) is 29.9 Å². The molecule has 9 aromatic carbocycles. The standard InChI is InChI=1S/4C27H23N2O.C26H22N3O/c1-16-10-11-17-18-12-13-19-23(24-20(27(19,2)3)8-7-14-28-24)26(18)30-25(17)22(16)21-9-5-6-15-29(21)4;1-16-10-11-17-20-14-21-19(18-8-7-12-28-26(18)27(21,2)3)15-23(20)30-25(17)24(16)22-9-5-6-13-29(22)4;1-16-12-13-17-19-15-28-26-23(18-9-5-6-10-20(18)27(26,2)3)25(19)30-24(17)22(16)21-11-7-8-14-29(21)4;1-16-12-13-18-24-26(30-25(18)22(16)21-11-7-8-14-29(21)4)23-17-9-5-6-10-19(17)27(2,3)20(23)15-28-24;1-15-10-11-17-22-24(30-23(17)20(15)19-9-5-6-13-29(19)4)21-18(14-28-22)16-8-7-12-27-25(16)26(21,2)3/h4*5-15H,1-4H3;5-14H,1-4H3/q5*+1. The van der Waals surface area contributed by atoms with Gasteiger partial charge in [0.2, 0.25) is 28.5 Å². The Balaban J connectivity index is 0.0000000945. The Morgan fingerprint density at radius 1 is 0.213 bits per heavy atom. The van der Waals surface area contributed by atoms with Gasteiger partial charge in [-0.15, -0.1) is 0 Å². The van der Waals surface area contributed by atoms with Crippen LogP contribution in [0.4, 0.5) is 0 Å². The summed E-state index contributed by atoms with van der Waals surface area (Å²) in [5.41, 5.74) is 51.8. The van der Waals surface area contributed by atoms with Gasteiger partial charge in [-0.25, -0.2) is 22.8 Å². The van der Waals surface area contributed by atoms with Crippen molar-refractivity contribution in [1.29, 1.82) is 0 Å². The fourth-order valence-corrected chi connectivity index (χ4v) is 25.4. The minimum absolute atomic E-state index is 0.0866. The first kappa shape index (κ1) is 92.5. The molecule has 0 N–H and O–H groups in total. The highest BCUT2D eigenvalue weighted by atomic mass is 16.3. The Hall–Kier alpha value is -17.4. The van der Waals surface area contributed by atoms with Crippen LogP contribution in [0.5, 0.6) is 0 Å². The Labute approximate surface area is 870 Å². The van der Waals surface area contributed by atoms with E-state index in [1.54, 1.807) is 0 Å². The lowest BCUT2D eigenvalue weighted by atomic mass is 9.82. The molecule has 0 unspecified atom stereocenters. The highest BCUT2D eigenvalue weighted by Crippen LogP contribution is 2.59. The van der Waals surface area contributed by atoms with Gasteiger partial charge in [0.15, 0.2) is 53.3 Å². The molecule has 30 rings (SSSR count). The fraction of sp³-hybridized carbons (Fsp3) is 0.187. The van der Waals surface area contributed by atoms with E-state index in [0.29, 0.717) is 0 Å². The lowest BCUT2D eigenvalue weighted by Crippen LogP contribution is -2.30. The highest BCUT2D eigenvalue weighted by molar-refractivity contribution is 6.19. The van der Waals surface area contributed by atoms with Crippen LogP contribution in [0.25, 0.3) is 222 Å². The Kier molecular flexibility index (Phi) is 20.9. The third kappa shape index (κ3) is 13.6. The van der Waals surface area contributed by atoms with Gasteiger partial charge in [-0.1, -0.05) is 183 Å². The fourth-order valence-electron chi connectivity index (χ4n) is 25.4. The van der Waals surface area contributed by atoms with Crippen molar-refractivity contribution in [2.75, 3.05) is 0 Å². The SMILES string of the molecule is Cc1ccc2c(oc3c4c(ccc32)C(C)(C)c2cccnc2-4)c1-c1cccc[n+]1C.Cc1ccc2c(oc3c4c(cnc32)-c2cccnc2C4(C)C)c1-c1cccc[n+]1C.Cc1ccc2c(oc3c4c(cnc32)C(C)(C)c2ccccc2-4)c1-c1cccc[n+]1C.Cc1ccc2c(oc3c4c(ncc32)C(C)(C)c2ccccc2-4)c1-c1cccc[n+]1C.Cc1ccc2c(oc3cc4c(cc32)C(C)(C)c2ncccc2-4)c1-c1cccc[n+]1C. The van der Waals surface area contributed by atoms with Gasteiger partial charge in [0, 0.05) is 207 Å². The van der Waals surface area contributed by atoms with E-state index < -0.39 is 0 Å². The largest absolute Gasteiger partial charge is 0.455 e. The number of benzene rings is 9. The molecule has 0 aliphatic heterocycles. The maximum absolute atomic E-state index is 6.71. The van der Waals surface area contributed by atoms with E-state index in [-0.39, 0.29) is 27.1 Å². The summed E-state index contributed by atoms with van der Waals surface area (Å²) in [6.45, 7) is 33.3. The molecule has 0 fully saturated rings. The molecule has 16 aromatic heterocycles. The first-order chi connectivity index (χ1) is 72.4. The Morgan fingerprint density at radius 3 is 1.09 bits per heavy atom. The van der Waals surface area contributed by atoms with E-state index >= 15 is 0 Å². The third-order valence-electron chi connectivity index (χ3n) is 33.2. The summed E-state index contributed by atoms with van der Waals surface area (Å²) < 4.78 is 44.1. The molecule has 730 valence electrons. The van der Waals surface area contributed by atoms with E-state index in [0.717, 1.165) is 206 Å². The molecule has 16 nitrogen and oxygen atoms in total. The van der Waals surface area contributed by atoms with Crippen molar-refractivity contribution in [3.63, 3.8) is 0 Å². The van der Waals surface area contributed by atoms with Gasteiger partial charge in [-0.05, 0) is 199 Å². The maximum Gasteiger partial charge on any atom is 0.216 e. The van der Waals surface area contributed by atoms with E-state index in [1.165, 1.54) is 100.0 Å². The summed E-state index contributed by atoms with van der Waals surface area (Å²) in [5, 5.41) is 8.96. The zero-order valence-electron chi connectivity index (χ0n) is 88.1. The van der Waals surface area contributed by atoms with Crippen molar-refractivity contribution in [3.05, 3.63) is 413 Å². The van der Waals surface area contributed by atoms with Gasteiger partial charge < -0.3 is 22.1 Å². The molecule has 0 bridgehead atoms. The van der Waals surface area contributed by atoms with Crippen LogP contribution < -0.4 is 22.8 Å². The highest BCUT2D eigenvalue weighted by Gasteiger charge is 2.46. The van der Waals surface area contributed by atoms with Crippen LogP contribution in [0.15, 0.2) is 351 Å². The van der Waals surface area contributed by atoms with Crippen molar-refractivity contribution in [2.45, 2.75) is 131 Å². The van der Waals surface area contributed by atoms with E-state index in [2.05, 4.69) is 424 Å². The molecule has 0 radical (unpaired) electrons. The number of aryl methyl sites for hydroxylation is 10. The molecule has 16 heterocycles. The summed E-state index contributed by atoms with van der Waals surface area (Å²) in [6.07, 6.45) is 22.1. The second-order valence-corrected chi connectivity index (χ2v) is 44.0. The van der Waals surface area contributed by atoms with Crippen molar-refractivity contribution in [1.82, 2.24) is 29.9 Å². The van der Waals surface area contributed by atoms with Crippen LogP contribution >= 0.6 is 0 Å². The van der Waals surface area contributed by atoms with Crippen LogP contribution in [0.2, 0.25) is 0 Å². The van der Waals surface area contributed by atoms with E-state index in [9.17, 15) is 0 Å². The smallest absolute Gasteiger partial charge is 0.216 e. The normalized spacial score (nSPS) is 14.3. The van der Waals surface area contributed by atoms with Gasteiger partial charge >= 0.3 is 0 Å². The number of hydrogen-bond donors (Lipinski definition) is 0. The Bertz CT molecular complexity index is 9550. The first-order valence-corrected chi connectivity index (χ1v) is 51.8. The molecule has 25 aromatic rings. The molecule has 0 amide bonds. The predicted molar refractivity (Wildman–Crippen MR) is 600 cm³/mol. The molecule has 16 heteroatoms. The number of pyridine rings is 11. The molecule has 0 spiro atoms. The number of hydrogen-bond acceptors (Lipinski definition) is 11. The molecule has 0 atom stereocenters. The third-order valence-corrected chi connectivity index (χ3v) is 33.2. The quantitative estimate of drug-likeness (QED) is 0.151. The van der Waals surface area contributed by atoms with Crippen LogP contribution in [0.1, 0.15) is 153 Å².